The van der Waals surface area contributed by atoms with Crippen molar-refractivity contribution < 1.29 is 14.3 Å². The predicted molar refractivity (Wildman–Crippen MR) is 89.1 cm³/mol. The molecule has 128 valence electrons. The van der Waals surface area contributed by atoms with Crippen LogP contribution in [-0.4, -0.2) is 58.9 Å². The largest absolute Gasteiger partial charge is 0.378 e. The van der Waals surface area contributed by atoms with Crippen LogP contribution < -0.4 is 5.32 Å². The normalized spacial score (nSPS) is 15.0. The molecule has 2 amide bonds. The molecular formula is C17H22N4O3. The van der Waals surface area contributed by atoms with Crippen molar-refractivity contribution in [2.75, 3.05) is 32.8 Å². The number of pyridine rings is 1. The number of fused-ring (bicyclic) bond motifs is 1. The van der Waals surface area contributed by atoms with Crippen LogP contribution in [0.15, 0.2) is 24.4 Å². The minimum Gasteiger partial charge on any atom is -0.378 e. The van der Waals surface area contributed by atoms with Crippen molar-refractivity contribution in [2.24, 2.45) is 5.92 Å². The molecule has 0 bridgehead atoms. The Labute approximate surface area is 140 Å². The van der Waals surface area contributed by atoms with Gasteiger partial charge in [-0.1, -0.05) is 19.9 Å². The summed E-state index contributed by atoms with van der Waals surface area (Å²) in [7, 11) is 0. The second-order valence-electron chi connectivity index (χ2n) is 6.25. The Hall–Kier alpha value is -2.41. The van der Waals surface area contributed by atoms with E-state index in [2.05, 4.69) is 10.3 Å². The van der Waals surface area contributed by atoms with Crippen molar-refractivity contribution in [1.29, 1.82) is 0 Å². The maximum Gasteiger partial charge on any atom is 0.290 e. The fourth-order valence-electron chi connectivity index (χ4n) is 2.64. The summed E-state index contributed by atoms with van der Waals surface area (Å²) in [5.41, 5.74) is 0.920. The van der Waals surface area contributed by atoms with Gasteiger partial charge in [-0.25, -0.2) is 4.98 Å². The first kappa shape index (κ1) is 16.4. The number of amides is 2. The molecule has 3 rings (SSSR count). The second-order valence-corrected chi connectivity index (χ2v) is 6.25. The van der Waals surface area contributed by atoms with Crippen molar-refractivity contribution in [2.45, 2.75) is 13.8 Å². The Morgan fingerprint density at radius 3 is 2.75 bits per heavy atom. The van der Waals surface area contributed by atoms with Crippen molar-refractivity contribution in [3.8, 4) is 0 Å². The first-order valence-corrected chi connectivity index (χ1v) is 8.20. The van der Waals surface area contributed by atoms with Crippen LogP contribution in [0.5, 0.6) is 0 Å². The number of imidazole rings is 1. The van der Waals surface area contributed by atoms with Crippen LogP contribution in [-0.2, 0) is 4.74 Å². The fourth-order valence-corrected chi connectivity index (χ4v) is 2.64. The van der Waals surface area contributed by atoms with Crippen LogP contribution in [0.1, 0.15) is 35.0 Å². The molecule has 2 aromatic rings. The van der Waals surface area contributed by atoms with Gasteiger partial charge in [0.05, 0.1) is 18.7 Å². The molecule has 0 atom stereocenters. The van der Waals surface area contributed by atoms with Crippen LogP contribution in [0, 0.1) is 5.92 Å². The summed E-state index contributed by atoms with van der Waals surface area (Å²) in [4.78, 5) is 31.3. The maximum absolute atomic E-state index is 12.8. The van der Waals surface area contributed by atoms with Gasteiger partial charge < -0.3 is 15.0 Å². The van der Waals surface area contributed by atoms with E-state index in [1.54, 1.807) is 21.6 Å². The van der Waals surface area contributed by atoms with E-state index in [-0.39, 0.29) is 23.3 Å². The summed E-state index contributed by atoms with van der Waals surface area (Å²) >= 11 is 0. The summed E-state index contributed by atoms with van der Waals surface area (Å²) in [6.07, 6.45) is 1.76. The van der Waals surface area contributed by atoms with Crippen LogP contribution >= 0.6 is 0 Å². The van der Waals surface area contributed by atoms with E-state index < -0.39 is 0 Å². The van der Waals surface area contributed by atoms with Gasteiger partial charge in [-0.15, -0.1) is 0 Å². The molecular weight excluding hydrogens is 308 g/mol. The third-order valence-corrected chi connectivity index (χ3v) is 3.92. The Morgan fingerprint density at radius 2 is 2.04 bits per heavy atom. The number of rotatable bonds is 4. The van der Waals surface area contributed by atoms with Gasteiger partial charge in [-0.05, 0) is 18.1 Å². The van der Waals surface area contributed by atoms with Gasteiger partial charge >= 0.3 is 0 Å². The summed E-state index contributed by atoms with van der Waals surface area (Å²) in [5.74, 6) is 0.176. The van der Waals surface area contributed by atoms with Crippen molar-refractivity contribution in [3.05, 3.63) is 35.9 Å². The van der Waals surface area contributed by atoms with E-state index in [0.717, 1.165) is 0 Å². The highest BCUT2D eigenvalue weighted by molar-refractivity contribution is 6.02. The van der Waals surface area contributed by atoms with Gasteiger partial charge in [-0.2, -0.15) is 0 Å². The Balaban J connectivity index is 1.94. The molecule has 7 nitrogen and oxygen atoms in total. The summed E-state index contributed by atoms with van der Waals surface area (Å²) < 4.78 is 6.97. The third-order valence-electron chi connectivity index (χ3n) is 3.92. The summed E-state index contributed by atoms with van der Waals surface area (Å²) in [6.45, 7) is 6.74. The van der Waals surface area contributed by atoms with E-state index >= 15 is 0 Å². The molecule has 0 spiro atoms. The zero-order chi connectivity index (χ0) is 17.1. The molecule has 1 aliphatic heterocycles. The molecule has 1 N–H and O–H groups in total. The standard InChI is InChI=1S/C17H22N4O3/c1-12(2)11-18-16(22)14-13-5-3-4-6-21(13)15(19-14)17(23)20-7-9-24-10-8-20/h3-6,12H,7-11H2,1-2H3,(H,18,22). The maximum atomic E-state index is 12.8. The van der Waals surface area contributed by atoms with E-state index in [4.69, 9.17) is 4.74 Å². The Bertz CT molecular complexity index is 747. The van der Waals surface area contributed by atoms with Gasteiger partial charge in [0.25, 0.3) is 11.8 Å². The van der Waals surface area contributed by atoms with Gasteiger partial charge in [0.1, 0.15) is 0 Å². The van der Waals surface area contributed by atoms with Crippen molar-refractivity contribution in [3.63, 3.8) is 0 Å². The number of morpholine rings is 1. The van der Waals surface area contributed by atoms with Gasteiger partial charge in [0.2, 0.25) is 5.82 Å². The van der Waals surface area contributed by atoms with Crippen LogP contribution in [0.3, 0.4) is 0 Å². The van der Waals surface area contributed by atoms with E-state index in [9.17, 15) is 9.59 Å². The first-order valence-electron chi connectivity index (χ1n) is 8.20. The quantitative estimate of drug-likeness (QED) is 0.914. The highest BCUT2D eigenvalue weighted by Crippen LogP contribution is 2.15. The SMILES string of the molecule is CC(C)CNC(=O)c1nc(C(=O)N2CCOCC2)n2ccccc12. The Morgan fingerprint density at radius 1 is 1.29 bits per heavy atom. The average Bonchev–Trinajstić information content (AvgIpc) is 2.99. The Kier molecular flexibility index (Phi) is 4.80. The molecule has 1 aliphatic rings. The highest BCUT2D eigenvalue weighted by atomic mass is 16.5. The molecule has 0 aromatic carbocycles. The lowest BCUT2D eigenvalue weighted by molar-refractivity contribution is 0.0294. The number of hydrogen-bond acceptors (Lipinski definition) is 4. The third kappa shape index (κ3) is 3.26. The molecule has 3 heterocycles. The molecule has 1 saturated heterocycles. The van der Waals surface area contributed by atoms with Crippen molar-refractivity contribution >= 4 is 17.3 Å². The first-order chi connectivity index (χ1) is 11.6. The lowest BCUT2D eigenvalue weighted by atomic mass is 10.2. The van der Waals surface area contributed by atoms with Crippen LogP contribution in [0.4, 0.5) is 0 Å². The second kappa shape index (κ2) is 7.00. The molecule has 0 aliphatic carbocycles. The number of hydrogen-bond donors (Lipinski definition) is 1. The van der Waals surface area contributed by atoms with E-state index in [1.807, 2.05) is 26.0 Å². The zero-order valence-corrected chi connectivity index (χ0v) is 14.0. The van der Waals surface area contributed by atoms with E-state index in [0.29, 0.717) is 44.3 Å². The van der Waals surface area contributed by atoms with Gasteiger partial charge in [-0.3, -0.25) is 14.0 Å². The predicted octanol–water partition coefficient (Wildman–Crippen LogP) is 1.19. The number of nitrogens with one attached hydrogen (secondary N) is 1. The smallest absolute Gasteiger partial charge is 0.290 e. The monoisotopic (exact) mass is 330 g/mol. The lowest BCUT2D eigenvalue weighted by Crippen LogP contribution is -2.41. The van der Waals surface area contributed by atoms with Crippen LogP contribution in [0.2, 0.25) is 0 Å². The summed E-state index contributed by atoms with van der Waals surface area (Å²) in [5, 5.41) is 2.86. The molecule has 0 radical (unpaired) electrons. The molecule has 1 fully saturated rings. The topological polar surface area (TPSA) is 75.9 Å². The summed E-state index contributed by atoms with van der Waals surface area (Å²) in [6, 6.07) is 5.45. The minimum absolute atomic E-state index is 0.178. The number of ether oxygens (including phenoxy) is 1. The minimum atomic E-state index is -0.256. The molecule has 2 aromatic heterocycles. The molecule has 7 heteroatoms. The van der Waals surface area contributed by atoms with Crippen molar-refractivity contribution in [1.82, 2.24) is 19.6 Å². The van der Waals surface area contributed by atoms with Crippen LogP contribution in [0.25, 0.3) is 5.52 Å². The molecule has 0 unspecified atom stereocenters. The molecule has 24 heavy (non-hydrogen) atoms. The average molecular weight is 330 g/mol. The zero-order valence-electron chi connectivity index (χ0n) is 14.0. The number of carbonyl (C=O) groups excluding carboxylic acids is 2. The van der Waals surface area contributed by atoms with Gasteiger partial charge in [0, 0.05) is 25.8 Å². The number of carbonyl (C=O) groups is 2. The van der Waals surface area contributed by atoms with Gasteiger partial charge in [0.15, 0.2) is 5.69 Å². The van der Waals surface area contributed by atoms with E-state index in [1.165, 1.54) is 0 Å². The number of nitrogens with zero attached hydrogens (tertiary/aromatic N) is 3. The highest BCUT2D eigenvalue weighted by Gasteiger charge is 2.26. The fraction of sp³-hybridized carbons (Fsp3) is 0.471. The lowest BCUT2D eigenvalue weighted by Gasteiger charge is -2.26. The number of aromatic nitrogens is 2. The molecule has 0 saturated carbocycles.